The number of esters is 1. The van der Waals surface area contributed by atoms with E-state index in [9.17, 15) is 9.59 Å². The normalized spacial score (nSPS) is 17.4. The third-order valence-corrected chi connectivity index (χ3v) is 6.29. The maximum absolute atomic E-state index is 12.1. The average molecular weight is 419 g/mol. The van der Waals surface area contributed by atoms with Gasteiger partial charge in [-0.1, -0.05) is 6.92 Å². The zero-order chi connectivity index (χ0) is 21.6. The Hall–Kier alpha value is -3.26. The molecule has 2 aliphatic rings. The zero-order valence-electron chi connectivity index (χ0n) is 17.7. The van der Waals surface area contributed by atoms with Crippen LogP contribution < -0.4 is 10.5 Å². The summed E-state index contributed by atoms with van der Waals surface area (Å²) in [5.41, 5.74) is 5.17. The minimum Gasteiger partial charge on any atom is -0.464 e. The van der Waals surface area contributed by atoms with Crippen LogP contribution in [0, 0.1) is 5.41 Å². The summed E-state index contributed by atoms with van der Waals surface area (Å²) in [5.74, 6) is -0.417. The number of rotatable bonds is 5. The first-order valence-electron chi connectivity index (χ1n) is 10.5. The molecule has 0 atom stereocenters. The molecule has 2 aliphatic heterocycles. The molecule has 0 amide bonds. The number of fused-ring (bicyclic) bond motifs is 1. The number of aromatic amines is 1. The maximum Gasteiger partial charge on any atom is 0.356 e. The molecule has 1 spiro atoms. The third-order valence-electron chi connectivity index (χ3n) is 6.29. The molecule has 31 heavy (non-hydrogen) atoms. The molecule has 160 valence electrons. The van der Waals surface area contributed by atoms with Gasteiger partial charge in [0.1, 0.15) is 5.69 Å². The molecule has 8 heteroatoms. The molecule has 1 N–H and O–H groups in total. The SMILES string of the molecule is CCc1cc2ncc(CN3CC4(C3)CN(c3ccc(C(=O)OC)nc3)C4)cc2[nH]c1=O. The number of nitrogens with one attached hydrogen (secondary N) is 1. The molecule has 5 heterocycles. The van der Waals surface area contributed by atoms with Crippen LogP contribution in [0.2, 0.25) is 0 Å². The standard InChI is InChI=1S/C23H25N5O3/c1-3-16-7-19-20(26-21(16)29)6-15(8-24-19)10-27-11-23(12-27)13-28(14-23)17-4-5-18(25-9-17)22(30)31-2/h4-9H,3,10-14H2,1-2H3,(H,26,29). The largest absolute Gasteiger partial charge is 0.464 e. The van der Waals surface area contributed by atoms with E-state index in [4.69, 9.17) is 4.74 Å². The molecule has 0 radical (unpaired) electrons. The molecular formula is C23H25N5O3. The van der Waals surface area contributed by atoms with E-state index in [-0.39, 0.29) is 5.56 Å². The lowest BCUT2D eigenvalue weighted by Gasteiger charge is -2.61. The Labute approximate surface area is 179 Å². The second-order valence-corrected chi connectivity index (χ2v) is 8.65. The van der Waals surface area contributed by atoms with Crippen LogP contribution in [0.15, 0.2) is 41.5 Å². The third kappa shape index (κ3) is 3.57. The minimum absolute atomic E-state index is 0.0273. The molecule has 0 unspecified atom stereocenters. The highest BCUT2D eigenvalue weighted by molar-refractivity contribution is 5.87. The number of aromatic nitrogens is 3. The van der Waals surface area contributed by atoms with Crippen LogP contribution in [0.4, 0.5) is 5.69 Å². The summed E-state index contributed by atoms with van der Waals surface area (Å²) in [4.78, 5) is 40.0. The Bertz CT molecular complexity index is 1190. The van der Waals surface area contributed by atoms with Crippen LogP contribution in [-0.4, -0.2) is 59.1 Å². The van der Waals surface area contributed by atoms with E-state index >= 15 is 0 Å². The number of H-pyrrole nitrogens is 1. The van der Waals surface area contributed by atoms with E-state index in [0.717, 1.165) is 60.6 Å². The highest BCUT2D eigenvalue weighted by Gasteiger charge is 2.51. The summed E-state index contributed by atoms with van der Waals surface area (Å²) >= 11 is 0. The summed E-state index contributed by atoms with van der Waals surface area (Å²) < 4.78 is 4.69. The Kier molecular flexibility index (Phi) is 4.74. The lowest BCUT2D eigenvalue weighted by Crippen LogP contribution is -2.71. The van der Waals surface area contributed by atoms with Gasteiger partial charge in [-0.15, -0.1) is 0 Å². The quantitative estimate of drug-likeness (QED) is 0.633. The number of aryl methyl sites for hydroxylation is 1. The molecule has 0 bridgehead atoms. The van der Waals surface area contributed by atoms with Crippen molar-refractivity contribution >= 4 is 22.7 Å². The predicted molar refractivity (Wildman–Crippen MR) is 117 cm³/mol. The Morgan fingerprint density at radius 2 is 1.97 bits per heavy atom. The number of anilines is 1. The summed E-state index contributed by atoms with van der Waals surface area (Å²) in [5, 5.41) is 0. The first-order chi connectivity index (χ1) is 15.0. The molecular weight excluding hydrogens is 394 g/mol. The van der Waals surface area contributed by atoms with Crippen molar-refractivity contribution in [2.75, 3.05) is 38.2 Å². The van der Waals surface area contributed by atoms with Crippen LogP contribution >= 0.6 is 0 Å². The average Bonchev–Trinajstić information content (AvgIpc) is 2.73. The van der Waals surface area contributed by atoms with Gasteiger partial charge in [-0.25, -0.2) is 9.78 Å². The topological polar surface area (TPSA) is 91.4 Å². The van der Waals surface area contributed by atoms with E-state index in [2.05, 4.69) is 24.8 Å². The Morgan fingerprint density at radius 1 is 1.16 bits per heavy atom. The second kappa shape index (κ2) is 7.46. The highest BCUT2D eigenvalue weighted by atomic mass is 16.5. The molecule has 3 aromatic rings. The van der Waals surface area contributed by atoms with Crippen LogP contribution in [-0.2, 0) is 17.7 Å². The van der Waals surface area contributed by atoms with Gasteiger partial charge in [0.05, 0.1) is 30.0 Å². The van der Waals surface area contributed by atoms with E-state index in [1.165, 1.54) is 7.11 Å². The second-order valence-electron chi connectivity index (χ2n) is 8.65. The lowest BCUT2D eigenvalue weighted by atomic mass is 9.72. The number of nitrogens with zero attached hydrogens (tertiary/aromatic N) is 4. The summed E-state index contributed by atoms with van der Waals surface area (Å²) in [6, 6.07) is 7.55. The van der Waals surface area contributed by atoms with Crippen molar-refractivity contribution in [3.63, 3.8) is 0 Å². The predicted octanol–water partition coefficient (Wildman–Crippen LogP) is 1.99. The fourth-order valence-electron chi connectivity index (χ4n) is 4.73. The van der Waals surface area contributed by atoms with Gasteiger partial charge in [-0.05, 0) is 36.2 Å². The molecule has 5 rings (SSSR count). The first kappa shape index (κ1) is 19.7. The molecule has 2 fully saturated rings. The molecule has 3 aromatic heterocycles. The van der Waals surface area contributed by atoms with Crippen LogP contribution in [0.5, 0.6) is 0 Å². The molecule has 0 aliphatic carbocycles. The van der Waals surface area contributed by atoms with Gasteiger partial charge in [0.2, 0.25) is 0 Å². The molecule has 0 saturated carbocycles. The summed E-state index contributed by atoms with van der Waals surface area (Å²) in [6.07, 6.45) is 4.35. The van der Waals surface area contributed by atoms with Crippen molar-refractivity contribution in [1.29, 1.82) is 0 Å². The minimum atomic E-state index is -0.417. The lowest BCUT2D eigenvalue weighted by molar-refractivity contribution is -0.0273. The van der Waals surface area contributed by atoms with Crippen molar-refractivity contribution in [3.8, 4) is 0 Å². The number of hydrogen-bond acceptors (Lipinski definition) is 7. The van der Waals surface area contributed by atoms with E-state index in [1.54, 1.807) is 12.3 Å². The molecule has 0 aromatic carbocycles. The Morgan fingerprint density at radius 3 is 2.65 bits per heavy atom. The number of carbonyl (C=O) groups excluding carboxylic acids is 1. The van der Waals surface area contributed by atoms with Gasteiger partial charge < -0.3 is 14.6 Å². The number of likely N-dealkylation sites (tertiary alicyclic amines) is 1. The van der Waals surface area contributed by atoms with Crippen molar-refractivity contribution in [1.82, 2.24) is 19.9 Å². The van der Waals surface area contributed by atoms with Crippen LogP contribution in [0.25, 0.3) is 11.0 Å². The van der Waals surface area contributed by atoms with Gasteiger partial charge in [0.25, 0.3) is 5.56 Å². The van der Waals surface area contributed by atoms with E-state index in [1.807, 2.05) is 31.3 Å². The monoisotopic (exact) mass is 419 g/mol. The van der Waals surface area contributed by atoms with Gasteiger partial charge in [0.15, 0.2) is 0 Å². The summed E-state index contributed by atoms with van der Waals surface area (Å²) in [7, 11) is 1.36. The van der Waals surface area contributed by atoms with Crippen molar-refractivity contribution in [3.05, 3.63) is 63.8 Å². The number of methoxy groups -OCH3 is 1. The van der Waals surface area contributed by atoms with E-state index in [0.29, 0.717) is 17.5 Å². The van der Waals surface area contributed by atoms with Crippen molar-refractivity contribution in [2.24, 2.45) is 5.41 Å². The van der Waals surface area contributed by atoms with Crippen molar-refractivity contribution in [2.45, 2.75) is 19.9 Å². The van der Waals surface area contributed by atoms with Gasteiger partial charge >= 0.3 is 5.97 Å². The first-order valence-corrected chi connectivity index (χ1v) is 10.5. The number of hydrogen-bond donors (Lipinski definition) is 1. The Balaban J connectivity index is 1.17. The van der Waals surface area contributed by atoms with E-state index < -0.39 is 5.97 Å². The fourth-order valence-corrected chi connectivity index (χ4v) is 4.73. The van der Waals surface area contributed by atoms with Gasteiger partial charge in [0, 0.05) is 49.9 Å². The van der Waals surface area contributed by atoms with Gasteiger partial charge in [-0.3, -0.25) is 14.7 Å². The number of ether oxygens (including phenoxy) is 1. The number of carbonyl (C=O) groups is 1. The van der Waals surface area contributed by atoms with Crippen LogP contribution in [0.3, 0.4) is 0 Å². The highest BCUT2D eigenvalue weighted by Crippen LogP contribution is 2.42. The number of pyridine rings is 3. The smallest absolute Gasteiger partial charge is 0.356 e. The van der Waals surface area contributed by atoms with Gasteiger partial charge in [-0.2, -0.15) is 0 Å². The van der Waals surface area contributed by atoms with Crippen molar-refractivity contribution < 1.29 is 9.53 Å². The molecule has 2 saturated heterocycles. The van der Waals surface area contributed by atoms with Crippen LogP contribution in [0.1, 0.15) is 28.5 Å². The fraction of sp³-hybridized carbons (Fsp3) is 0.391. The maximum atomic E-state index is 12.1. The molecule has 8 nitrogen and oxygen atoms in total. The zero-order valence-corrected chi connectivity index (χ0v) is 17.7. The summed E-state index contributed by atoms with van der Waals surface area (Å²) in [6.45, 7) is 6.87.